The van der Waals surface area contributed by atoms with E-state index in [9.17, 15) is 8.42 Å². The van der Waals surface area contributed by atoms with Crippen LogP contribution in [0.25, 0.3) is 11.0 Å². The summed E-state index contributed by atoms with van der Waals surface area (Å²) in [5.74, 6) is 0.246. The number of nitrogens with two attached hydrogens (primary N) is 1. The average Bonchev–Trinajstić information content (AvgIpc) is 2.77. The molecule has 7 heteroatoms. The van der Waals surface area contributed by atoms with Crippen LogP contribution in [0.4, 0.5) is 0 Å². The van der Waals surface area contributed by atoms with E-state index >= 15 is 0 Å². The van der Waals surface area contributed by atoms with Gasteiger partial charge in [0.1, 0.15) is 5.58 Å². The van der Waals surface area contributed by atoms with Gasteiger partial charge < -0.3 is 10.2 Å². The van der Waals surface area contributed by atoms with E-state index in [1.807, 2.05) is 20.8 Å². The van der Waals surface area contributed by atoms with Crippen LogP contribution < -0.4 is 5.73 Å². The van der Waals surface area contributed by atoms with Crippen molar-refractivity contribution in [3.05, 3.63) is 28.4 Å². The number of nitrogens with zero attached hydrogens (tertiary/aromatic N) is 1. The predicted octanol–water partition coefficient (Wildman–Crippen LogP) is 3.50. The third-order valence-corrected chi connectivity index (χ3v) is 6.29. The van der Waals surface area contributed by atoms with E-state index in [0.29, 0.717) is 41.2 Å². The maximum absolute atomic E-state index is 13.0. The molecule has 0 amide bonds. The molecule has 0 atom stereocenters. The number of benzene rings is 1. The number of sulfonamides is 1. The lowest BCUT2D eigenvalue weighted by Crippen LogP contribution is -2.35. The van der Waals surface area contributed by atoms with Gasteiger partial charge in [0.25, 0.3) is 0 Å². The number of halogens is 1. The molecular formula is C16H23BrN2O3S. The number of hydrogen-bond donors (Lipinski definition) is 1. The summed E-state index contributed by atoms with van der Waals surface area (Å²) >= 11 is 3.34. The molecule has 0 aliphatic rings. The van der Waals surface area contributed by atoms with E-state index in [2.05, 4.69) is 15.9 Å². The fraction of sp³-hybridized carbons (Fsp3) is 0.500. The van der Waals surface area contributed by atoms with E-state index in [-0.39, 0.29) is 5.92 Å². The van der Waals surface area contributed by atoms with Crippen LogP contribution in [0, 0.1) is 12.8 Å². The van der Waals surface area contributed by atoms with Crippen LogP contribution in [0.15, 0.2) is 32.2 Å². The third kappa shape index (κ3) is 3.96. The van der Waals surface area contributed by atoms with Gasteiger partial charge in [0.05, 0.1) is 4.90 Å². The molecule has 1 aromatic carbocycles. The minimum Gasteiger partial charge on any atom is -0.449 e. The number of furan rings is 1. The van der Waals surface area contributed by atoms with Crippen molar-refractivity contribution in [2.24, 2.45) is 11.7 Å². The van der Waals surface area contributed by atoms with Crippen molar-refractivity contribution < 1.29 is 12.8 Å². The Morgan fingerprint density at radius 1 is 1.35 bits per heavy atom. The van der Waals surface area contributed by atoms with Crippen molar-refractivity contribution in [2.45, 2.75) is 32.1 Å². The Balaban J connectivity index is 2.45. The Labute approximate surface area is 146 Å². The maximum atomic E-state index is 13.0. The third-order valence-electron chi connectivity index (χ3n) is 3.67. The number of rotatable bonds is 7. The highest BCUT2D eigenvalue weighted by Crippen LogP contribution is 2.31. The van der Waals surface area contributed by atoms with Crippen molar-refractivity contribution in [1.82, 2.24) is 4.31 Å². The van der Waals surface area contributed by atoms with Gasteiger partial charge in [-0.3, -0.25) is 0 Å². The smallest absolute Gasteiger partial charge is 0.243 e. The first kappa shape index (κ1) is 18.4. The highest BCUT2D eigenvalue weighted by atomic mass is 79.9. The van der Waals surface area contributed by atoms with Crippen LogP contribution in [-0.2, 0) is 10.0 Å². The second kappa shape index (κ2) is 7.34. The van der Waals surface area contributed by atoms with Crippen molar-refractivity contribution in [3.8, 4) is 0 Å². The lowest BCUT2D eigenvalue weighted by atomic mass is 10.2. The number of aryl methyl sites for hydroxylation is 1. The molecule has 2 rings (SSSR count). The second-order valence-corrected chi connectivity index (χ2v) is 8.72. The van der Waals surface area contributed by atoms with Gasteiger partial charge in [0.15, 0.2) is 4.67 Å². The Morgan fingerprint density at radius 3 is 2.65 bits per heavy atom. The Morgan fingerprint density at radius 2 is 2.04 bits per heavy atom. The summed E-state index contributed by atoms with van der Waals surface area (Å²) < 4.78 is 33.7. The molecule has 128 valence electrons. The van der Waals surface area contributed by atoms with Gasteiger partial charge >= 0.3 is 0 Å². The molecule has 0 saturated carbocycles. The molecule has 23 heavy (non-hydrogen) atoms. The Kier molecular flexibility index (Phi) is 5.89. The van der Waals surface area contributed by atoms with Crippen molar-refractivity contribution >= 4 is 36.9 Å². The average molecular weight is 403 g/mol. The van der Waals surface area contributed by atoms with Crippen LogP contribution in [-0.4, -0.2) is 32.4 Å². The normalized spacial score (nSPS) is 12.7. The van der Waals surface area contributed by atoms with Crippen LogP contribution in [0.2, 0.25) is 0 Å². The molecule has 0 fully saturated rings. The standard InChI is InChI=1S/C16H23BrN2O3S/c1-11(2)10-19(8-4-7-18)23(20,21)13-5-6-15-14(9-13)12(3)16(17)22-15/h5-6,9,11H,4,7-8,10,18H2,1-3H3. The second-order valence-electron chi connectivity index (χ2n) is 6.06. The minimum atomic E-state index is -3.55. The van der Waals surface area contributed by atoms with E-state index in [1.54, 1.807) is 18.2 Å². The molecule has 0 saturated heterocycles. The highest BCUT2D eigenvalue weighted by Gasteiger charge is 2.25. The Hall–Kier alpha value is -0.890. The lowest BCUT2D eigenvalue weighted by molar-refractivity contribution is 0.364. The molecule has 2 N–H and O–H groups in total. The zero-order valence-corrected chi connectivity index (χ0v) is 16.1. The fourth-order valence-corrected chi connectivity index (χ4v) is 4.52. The summed E-state index contributed by atoms with van der Waals surface area (Å²) in [6.07, 6.45) is 0.643. The van der Waals surface area contributed by atoms with Gasteiger partial charge in [-0.1, -0.05) is 13.8 Å². The summed E-state index contributed by atoms with van der Waals surface area (Å²) in [4.78, 5) is 0.291. The van der Waals surface area contributed by atoms with Crippen LogP contribution in [0.5, 0.6) is 0 Å². The molecule has 0 aliphatic heterocycles. The largest absolute Gasteiger partial charge is 0.449 e. The molecule has 0 aliphatic carbocycles. The quantitative estimate of drug-likeness (QED) is 0.768. The first-order valence-corrected chi connectivity index (χ1v) is 9.89. The van der Waals surface area contributed by atoms with Crippen molar-refractivity contribution in [3.63, 3.8) is 0 Å². The molecule has 1 heterocycles. The molecule has 0 unspecified atom stereocenters. The SMILES string of the molecule is Cc1c(Br)oc2ccc(S(=O)(=O)N(CCCN)CC(C)C)cc12. The van der Waals surface area contributed by atoms with E-state index in [0.717, 1.165) is 10.9 Å². The summed E-state index contributed by atoms with van der Waals surface area (Å²) in [6, 6.07) is 4.99. The minimum absolute atomic E-state index is 0.246. The van der Waals surface area contributed by atoms with E-state index in [1.165, 1.54) is 4.31 Å². The van der Waals surface area contributed by atoms with Crippen LogP contribution >= 0.6 is 15.9 Å². The highest BCUT2D eigenvalue weighted by molar-refractivity contribution is 9.10. The topological polar surface area (TPSA) is 76.5 Å². The summed E-state index contributed by atoms with van der Waals surface area (Å²) in [5.41, 5.74) is 7.12. The van der Waals surface area contributed by atoms with Crippen LogP contribution in [0.1, 0.15) is 25.8 Å². The zero-order valence-electron chi connectivity index (χ0n) is 13.7. The van der Waals surface area contributed by atoms with Crippen molar-refractivity contribution in [2.75, 3.05) is 19.6 Å². The number of fused-ring (bicyclic) bond motifs is 1. The van der Waals surface area contributed by atoms with Gasteiger partial charge in [-0.05, 0) is 59.9 Å². The monoisotopic (exact) mass is 402 g/mol. The molecule has 5 nitrogen and oxygen atoms in total. The first-order valence-electron chi connectivity index (χ1n) is 7.66. The van der Waals surface area contributed by atoms with Crippen LogP contribution in [0.3, 0.4) is 0 Å². The molecule has 0 radical (unpaired) electrons. The summed E-state index contributed by atoms with van der Waals surface area (Å²) in [5, 5.41) is 0.807. The maximum Gasteiger partial charge on any atom is 0.243 e. The molecule has 2 aromatic rings. The van der Waals surface area contributed by atoms with Gasteiger partial charge in [-0.25, -0.2) is 8.42 Å². The van der Waals surface area contributed by atoms with Gasteiger partial charge in [-0.15, -0.1) is 0 Å². The van der Waals surface area contributed by atoms with Gasteiger partial charge in [0.2, 0.25) is 10.0 Å². The lowest BCUT2D eigenvalue weighted by Gasteiger charge is -2.23. The first-order chi connectivity index (χ1) is 10.8. The zero-order chi connectivity index (χ0) is 17.2. The summed E-state index contributed by atoms with van der Waals surface area (Å²) in [7, 11) is -3.55. The fourth-order valence-electron chi connectivity index (χ4n) is 2.46. The Bertz CT molecular complexity index is 784. The van der Waals surface area contributed by atoms with Gasteiger partial charge in [-0.2, -0.15) is 4.31 Å². The molecular weight excluding hydrogens is 380 g/mol. The molecule has 0 spiro atoms. The predicted molar refractivity (Wildman–Crippen MR) is 95.9 cm³/mol. The van der Waals surface area contributed by atoms with Crippen molar-refractivity contribution in [1.29, 1.82) is 0 Å². The summed E-state index contributed by atoms with van der Waals surface area (Å²) in [6.45, 7) is 7.29. The van der Waals surface area contributed by atoms with E-state index < -0.39 is 10.0 Å². The molecule has 0 bridgehead atoms. The number of hydrogen-bond acceptors (Lipinski definition) is 4. The van der Waals surface area contributed by atoms with Gasteiger partial charge in [0, 0.05) is 24.0 Å². The molecule has 1 aromatic heterocycles. The van der Waals surface area contributed by atoms with E-state index in [4.69, 9.17) is 10.2 Å².